The van der Waals surface area contributed by atoms with E-state index in [1.54, 1.807) is 0 Å². The summed E-state index contributed by atoms with van der Waals surface area (Å²) in [4.78, 5) is 35.3. The quantitative estimate of drug-likeness (QED) is 0.349. The van der Waals surface area contributed by atoms with Gasteiger partial charge < -0.3 is 14.7 Å². The van der Waals surface area contributed by atoms with Gasteiger partial charge in [0.05, 0.1) is 6.61 Å². The fourth-order valence-corrected chi connectivity index (χ4v) is 1.99. The molecule has 2 heterocycles. The Morgan fingerprint density at radius 3 is 2.80 bits per heavy atom. The lowest BCUT2D eigenvalue weighted by molar-refractivity contribution is -0.162. The molecule has 0 radical (unpaired) electrons. The molecule has 2 rings (SSSR count). The Morgan fingerprint density at radius 1 is 1.47 bits per heavy atom. The average Bonchev–Trinajstić information content (AvgIpc) is 2.46. The van der Waals surface area contributed by atoms with E-state index < -0.39 is 12.0 Å². The van der Waals surface area contributed by atoms with Crippen LogP contribution in [0.4, 0.5) is 0 Å². The van der Waals surface area contributed by atoms with E-state index >= 15 is 0 Å². The Bertz CT molecular complexity index is 326. The summed E-state index contributed by atoms with van der Waals surface area (Å²) in [5.41, 5.74) is 0. The fraction of sp³-hybridized carbons (Fsp3) is 0.667. The molecule has 2 fully saturated rings. The number of carbonyl (C=O) groups excluding carboxylic acids is 3. The molecule has 0 aromatic carbocycles. The second-order valence-corrected chi connectivity index (χ2v) is 3.62. The first-order valence-electron chi connectivity index (χ1n) is 4.76. The van der Waals surface area contributed by atoms with Crippen molar-refractivity contribution in [1.82, 2.24) is 4.90 Å². The maximum atomic E-state index is 11.4. The summed E-state index contributed by atoms with van der Waals surface area (Å²) in [6.07, 6.45) is 0.583. The van der Waals surface area contributed by atoms with Crippen molar-refractivity contribution < 1.29 is 24.2 Å². The highest BCUT2D eigenvalue weighted by Crippen LogP contribution is 2.33. The van der Waals surface area contributed by atoms with Crippen LogP contribution in [0.3, 0.4) is 0 Å². The fourth-order valence-electron chi connectivity index (χ4n) is 1.99. The largest absolute Gasteiger partial charge is 0.461 e. The summed E-state index contributed by atoms with van der Waals surface area (Å²) in [7, 11) is 0. The van der Waals surface area contributed by atoms with Crippen LogP contribution in [0.2, 0.25) is 0 Å². The average molecular weight is 213 g/mol. The predicted molar refractivity (Wildman–Crippen MR) is 46.7 cm³/mol. The number of hydrogen-bond donors (Lipinski definition) is 1. The van der Waals surface area contributed by atoms with Crippen molar-refractivity contribution in [3.63, 3.8) is 0 Å². The Labute approximate surface area is 85.8 Å². The second-order valence-electron chi connectivity index (χ2n) is 3.62. The van der Waals surface area contributed by atoms with Gasteiger partial charge in [-0.15, -0.1) is 0 Å². The highest BCUT2D eigenvalue weighted by atomic mass is 16.5. The van der Waals surface area contributed by atoms with Gasteiger partial charge >= 0.3 is 5.97 Å². The normalized spacial score (nSPS) is 28.7. The molecule has 6 nitrogen and oxygen atoms in total. The van der Waals surface area contributed by atoms with E-state index in [1.807, 2.05) is 0 Å². The van der Waals surface area contributed by atoms with Crippen LogP contribution < -0.4 is 0 Å². The number of aliphatic hydroxyl groups is 1. The first kappa shape index (κ1) is 10.1. The summed E-state index contributed by atoms with van der Waals surface area (Å²) in [5.74, 6) is -1.19. The number of ketones is 1. The smallest absolute Gasteiger partial charge is 0.336 e. The zero-order valence-corrected chi connectivity index (χ0v) is 8.01. The second kappa shape index (κ2) is 3.62. The van der Waals surface area contributed by atoms with Gasteiger partial charge in [-0.05, 0) is 0 Å². The SMILES string of the molecule is O=C1C[C@@H]2CC(=O)N2[C@H]1C(=O)OCCO. The molecule has 0 aromatic rings. The summed E-state index contributed by atoms with van der Waals surface area (Å²) in [6, 6.07) is -1.18. The van der Waals surface area contributed by atoms with Crippen LogP contribution in [0.25, 0.3) is 0 Å². The number of fused-ring (bicyclic) bond motifs is 1. The lowest BCUT2D eigenvalue weighted by Crippen LogP contribution is -2.55. The van der Waals surface area contributed by atoms with Gasteiger partial charge in [-0.2, -0.15) is 0 Å². The number of Topliss-reactive ketones (excluding diaryl/α,β-unsaturated/α-hetero) is 1. The number of hydrogen-bond acceptors (Lipinski definition) is 5. The maximum Gasteiger partial charge on any atom is 0.336 e. The van der Waals surface area contributed by atoms with E-state index in [2.05, 4.69) is 4.74 Å². The minimum absolute atomic E-state index is 0.114. The van der Waals surface area contributed by atoms with Crippen LogP contribution in [-0.2, 0) is 19.1 Å². The number of nitrogens with zero attached hydrogens (tertiary/aromatic N) is 1. The highest BCUT2D eigenvalue weighted by molar-refractivity contribution is 6.10. The van der Waals surface area contributed by atoms with Gasteiger partial charge in [-0.25, -0.2) is 4.79 Å². The third-order valence-corrected chi connectivity index (χ3v) is 2.67. The van der Waals surface area contributed by atoms with Gasteiger partial charge in [-0.3, -0.25) is 9.59 Å². The molecule has 0 spiro atoms. The van der Waals surface area contributed by atoms with Crippen molar-refractivity contribution >= 4 is 17.7 Å². The first-order valence-corrected chi connectivity index (χ1v) is 4.76. The van der Waals surface area contributed by atoms with E-state index in [0.717, 1.165) is 0 Å². The van der Waals surface area contributed by atoms with E-state index in [-0.39, 0.29) is 37.4 Å². The van der Waals surface area contributed by atoms with E-state index in [1.165, 1.54) is 4.90 Å². The van der Waals surface area contributed by atoms with E-state index in [0.29, 0.717) is 6.42 Å². The molecule has 2 aliphatic rings. The number of carbonyl (C=O) groups is 3. The van der Waals surface area contributed by atoms with Crippen LogP contribution >= 0.6 is 0 Å². The highest BCUT2D eigenvalue weighted by Gasteiger charge is 2.54. The van der Waals surface area contributed by atoms with Crippen molar-refractivity contribution in [3.05, 3.63) is 0 Å². The van der Waals surface area contributed by atoms with Crippen molar-refractivity contribution in [1.29, 1.82) is 0 Å². The number of aliphatic hydroxyl groups excluding tert-OH is 1. The minimum Gasteiger partial charge on any atom is -0.461 e. The van der Waals surface area contributed by atoms with Gasteiger partial charge in [0.15, 0.2) is 11.8 Å². The maximum absolute atomic E-state index is 11.4. The number of ether oxygens (including phenoxy) is 1. The molecule has 1 amide bonds. The molecular formula is C9H11NO5. The molecule has 1 N–H and O–H groups in total. The van der Waals surface area contributed by atoms with Crippen LogP contribution in [0.5, 0.6) is 0 Å². The Kier molecular flexibility index (Phi) is 2.44. The summed E-state index contributed by atoms with van der Waals surface area (Å²) in [5, 5.41) is 8.47. The summed E-state index contributed by atoms with van der Waals surface area (Å²) >= 11 is 0. The lowest BCUT2D eigenvalue weighted by Gasteiger charge is -2.36. The third kappa shape index (κ3) is 1.50. The number of esters is 1. The molecule has 0 unspecified atom stereocenters. The van der Waals surface area contributed by atoms with Gasteiger partial charge in [0.25, 0.3) is 0 Å². The number of amides is 1. The van der Waals surface area contributed by atoms with Crippen LogP contribution in [-0.4, -0.2) is 53.0 Å². The summed E-state index contributed by atoms with van der Waals surface area (Å²) < 4.78 is 4.64. The zero-order valence-electron chi connectivity index (χ0n) is 8.01. The van der Waals surface area contributed by atoms with Crippen LogP contribution in [0, 0.1) is 0 Å². The molecule has 15 heavy (non-hydrogen) atoms. The van der Waals surface area contributed by atoms with E-state index in [9.17, 15) is 14.4 Å². The molecule has 2 saturated heterocycles. The zero-order chi connectivity index (χ0) is 11.0. The van der Waals surface area contributed by atoms with Crippen molar-refractivity contribution in [2.45, 2.75) is 24.9 Å². The Morgan fingerprint density at radius 2 is 2.20 bits per heavy atom. The van der Waals surface area contributed by atoms with Crippen molar-refractivity contribution in [2.24, 2.45) is 0 Å². The lowest BCUT2D eigenvalue weighted by atomic mass is 10.0. The van der Waals surface area contributed by atoms with Gasteiger partial charge in [0.2, 0.25) is 5.91 Å². The van der Waals surface area contributed by atoms with Crippen molar-refractivity contribution in [2.75, 3.05) is 13.2 Å². The molecule has 82 valence electrons. The molecule has 0 saturated carbocycles. The van der Waals surface area contributed by atoms with Gasteiger partial charge in [0.1, 0.15) is 6.61 Å². The number of β-lactam (4-membered cyclic amide) rings is 1. The Balaban J connectivity index is 2.04. The number of rotatable bonds is 3. The molecular weight excluding hydrogens is 202 g/mol. The first-order chi connectivity index (χ1) is 7.15. The molecule has 0 aromatic heterocycles. The van der Waals surface area contributed by atoms with E-state index in [4.69, 9.17) is 5.11 Å². The molecule has 0 bridgehead atoms. The van der Waals surface area contributed by atoms with Crippen LogP contribution in [0.15, 0.2) is 0 Å². The van der Waals surface area contributed by atoms with Gasteiger partial charge in [-0.1, -0.05) is 0 Å². The Hall–Kier alpha value is -1.43. The van der Waals surface area contributed by atoms with Gasteiger partial charge in [0, 0.05) is 18.9 Å². The molecule has 2 atom stereocenters. The monoisotopic (exact) mass is 213 g/mol. The van der Waals surface area contributed by atoms with Crippen molar-refractivity contribution in [3.8, 4) is 0 Å². The molecule has 6 heteroatoms. The predicted octanol–water partition coefficient (Wildman–Crippen LogP) is -1.54. The molecule has 2 aliphatic heterocycles. The standard InChI is InChI=1S/C9H11NO5/c11-1-2-15-9(14)8-6(12)3-5-4-7(13)10(5)8/h5,8,11H,1-4H2/t5-,8-/m1/s1. The minimum atomic E-state index is -1.07. The summed E-state index contributed by atoms with van der Waals surface area (Å²) in [6.45, 7) is -0.431. The third-order valence-electron chi connectivity index (χ3n) is 2.67. The molecule has 0 aliphatic carbocycles. The van der Waals surface area contributed by atoms with Crippen LogP contribution in [0.1, 0.15) is 12.8 Å². The topological polar surface area (TPSA) is 83.9 Å².